The molecule has 1 aliphatic rings. The first kappa shape index (κ1) is 10.3. The van der Waals surface area contributed by atoms with E-state index < -0.39 is 5.54 Å². The Bertz CT molecular complexity index is 391. The molecule has 1 aromatic carbocycles. The van der Waals surface area contributed by atoms with Crippen molar-refractivity contribution >= 4 is 5.78 Å². The third-order valence-corrected chi connectivity index (χ3v) is 2.94. The molecule has 0 amide bonds. The minimum Gasteiger partial charge on any atom is -0.307 e. The van der Waals surface area contributed by atoms with Crippen LogP contribution in [0.2, 0.25) is 0 Å². The molecule has 1 unspecified atom stereocenters. The maximum Gasteiger partial charge on any atom is 0.136 e. The summed E-state index contributed by atoms with van der Waals surface area (Å²) in [5.41, 5.74) is 0.0405. The SMILES string of the molecule is CC1(c2ccccc2F)CC(=O)CCN1. The second-order valence-corrected chi connectivity index (χ2v) is 4.20. The summed E-state index contributed by atoms with van der Waals surface area (Å²) in [5, 5.41) is 3.22. The third kappa shape index (κ3) is 1.92. The lowest BCUT2D eigenvalue weighted by Gasteiger charge is -2.34. The Morgan fingerprint density at radius 1 is 1.40 bits per heavy atom. The average Bonchev–Trinajstić information content (AvgIpc) is 2.17. The topological polar surface area (TPSA) is 29.1 Å². The highest BCUT2D eigenvalue weighted by Gasteiger charge is 2.34. The predicted molar refractivity (Wildman–Crippen MR) is 56.0 cm³/mol. The van der Waals surface area contributed by atoms with Gasteiger partial charge in [-0.1, -0.05) is 18.2 Å². The maximum absolute atomic E-state index is 13.6. The number of Topliss-reactive ketones (excluding diaryl/α,β-unsaturated/α-hetero) is 1. The van der Waals surface area contributed by atoms with Gasteiger partial charge in [0, 0.05) is 24.9 Å². The minimum absolute atomic E-state index is 0.194. The fraction of sp³-hybridized carbons (Fsp3) is 0.417. The molecule has 0 aliphatic carbocycles. The summed E-state index contributed by atoms with van der Waals surface area (Å²) in [5.74, 6) is -0.0540. The van der Waals surface area contributed by atoms with E-state index >= 15 is 0 Å². The van der Waals surface area contributed by atoms with Crippen LogP contribution in [0.5, 0.6) is 0 Å². The molecule has 1 aliphatic heterocycles. The monoisotopic (exact) mass is 207 g/mol. The van der Waals surface area contributed by atoms with Crippen molar-refractivity contribution in [3.63, 3.8) is 0 Å². The first-order valence-corrected chi connectivity index (χ1v) is 5.13. The summed E-state index contributed by atoms with van der Waals surface area (Å²) in [4.78, 5) is 11.4. The number of carbonyl (C=O) groups is 1. The van der Waals surface area contributed by atoms with Gasteiger partial charge < -0.3 is 5.32 Å². The quantitative estimate of drug-likeness (QED) is 0.763. The van der Waals surface area contributed by atoms with Gasteiger partial charge >= 0.3 is 0 Å². The molecule has 0 spiro atoms. The van der Waals surface area contributed by atoms with Crippen molar-refractivity contribution in [1.82, 2.24) is 5.32 Å². The van der Waals surface area contributed by atoms with Crippen molar-refractivity contribution in [3.8, 4) is 0 Å². The molecule has 0 radical (unpaired) electrons. The molecule has 80 valence electrons. The zero-order chi connectivity index (χ0) is 10.9. The number of nitrogens with one attached hydrogen (secondary N) is 1. The smallest absolute Gasteiger partial charge is 0.136 e. The zero-order valence-corrected chi connectivity index (χ0v) is 8.72. The zero-order valence-electron chi connectivity index (χ0n) is 8.72. The van der Waals surface area contributed by atoms with Gasteiger partial charge in [-0.05, 0) is 13.0 Å². The van der Waals surface area contributed by atoms with E-state index in [0.29, 0.717) is 24.9 Å². The van der Waals surface area contributed by atoms with Crippen molar-refractivity contribution in [2.45, 2.75) is 25.3 Å². The van der Waals surface area contributed by atoms with Crippen molar-refractivity contribution in [1.29, 1.82) is 0 Å². The van der Waals surface area contributed by atoms with E-state index in [2.05, 4.69) is 5.32 Å². The molecule has 3 heteroatoms. The number of hydrogen-bond acceptors (Lipinski definition) is 2. The molecule has 1 N–H and O–H groups in total. The van der Waals surface area contributed by atoms with Gasteiger partial charge in [-0.3, -0.25) is 4.79 Å². The van der Waals surface area contributed by atoms with E-state index in [-0.39, 0.29) is 11.6 Å². The number of benzene rings is 1. The van der Waals surface area contributed by atoms with Crippen LogP contribution >= 0.6 is 0 Å². The third-order valence-electron chi connectivity index (χ3n) is 2.94. The van der Waals surface area contributed by atoms with E-state index in [1.165, 1.54) is 6.07 Å². The van der Waals surface area contributed by atoms with Gasteiger partial charge in [0.05, 0.1) is 5.54 Å². The number of piperidine rings is 1. The first-order chi connectivity index (χ1) is 7.12. The Morgan fingerprint density at radius 2 is 2.13 bits per heavy atom. The van der Waals surface area contributed by atoms with Crippen LogP contribution in [0.4, 0.5) is 4.39 Å². The molecular weight excluding hydrogens is 193 g/mol. The van der Waals surface area contributed by atoms with E-state index in [1.54, 1.807) is 18.2 Å². The van der Waals surface area contributed by atoms with Crippen LogP contribution in [0.15, 0.2) is 24.3 Å². The Kier molecular flexibility index (Phi) is 2.57. The van der Waals surface area contributed by atoms with Crippen molar-refractivity contribution in [2.24, 2.45) is 0 Å². The maximum atomic E-state index is 13.6. The molecule has 0 aromatic heterocycles. The van der Waals surface area contributed by atoms with Crippen molar-refractivity contribution in [3.05, 3.63) is 35.6 Å². The number of rotatable bonds is 1. The normalized spacial score (nSPS) is 26.7. The van der Waals surface area contributed by atoms with Gasteiger partial charge in [-0.15, -0.1) is 0 Å². The van der Waals surface area contributed by atoms with E-state index in [9.17, 15) is 9.18 Å². The van der Waals surface area contributed by atoms with Crippen molar-refractivity contribution < 1.29 is 9.18 Å². The van der Waals surface area contributed by atoms with Gasteiger partial charge in [-0.25, -0.2) is 4.39 Å². The molecule has 1 fully saturated rings. The molecule has 0 bridgehead atoms. The molecule has 2 nitrogen and oxygen atoms in total. The van der Waals surface area contributed by atoms with Gasteiger partial charge in [-0.2, -0.15) is 0 Å². The van der Waals surface area contributed by atoms with Crippen LogP contribution in [0, 0.1) is 5.82 Å². The number of ketones is 1. The fourth-order valence-corrected chi connectivity index (χ4v) is 2.12. The second kappa shape index (κ2) is 3.74. The highest BCUT2D eigenvalue weighted by Crippen LogP contribution is 2.29. The lowest BCUT2D eigenvalue weighted by molar-refractivity contribution is -0.122. The molecule has 15 heavy (non-hydrogen) atoms. The number of hydrogen-bond donors (Lipinski definition) is 1. The van der Waals surface area contributed by atoms with Gasteiger partial charge in [0.2, 0.25) is 0 Å². The van der Waals surface area contributed by atoms with Gasteiger partial charge in [0.1, 0.15) is 11.6 Å². The summed E-state index contributed by atoms with van der Waals surface area (Å²) >= 11 is 0. The Morgan fingerprint density at radius 3 is 2.80 bits per heavy atom. The lowest BCUT2D eigenvalue weighted by atomic mass is 9.83. The van der Waals surface area contributed by atoms with Crippen molar-refractivity contribution in [2.75, 3.05) is 6.54 Å². The molecule has 0 saturated carbocycles. The molecular formula is C12H14FNO. The lowest BCUT2D eigenvalue weighted by Crippen LogP contribution is -2.47. The fourth-order valence-electron chi connectivity index (χ4n) is 2.12. The van der Waals surface area contributed by atoms with Crippen LogP contribution in [0.1, 0.15) is 25.3 Å². The Labute approximate surface area is 88.5 Å². The summed E-state index contributed by atoms with van der Waals surface area (Å²) in [6.07, 6.45) is 0.915. The second-order valence-electron chi connectivity index (χ2n) is 4.20. The Hall–Kier alpha value is -1.22. The van der Waals surface area contributed by atoms with E-state index in [1.807, 2.05) is 6.92 Å². The molecule has 1 saturated heterocycles. The summed E-state index contributed by atoms with van der Waals surface area (Å²) in [6.45, 7) is 2.51. The van der Waals surface area contributed by atoms with Crippen LogP contribution in [-0.2, 0) is 10.3 Å². The van der Waals surface area contributed by atoms with E-state index in [0.717, 1.165) is 0 Å². The minimum atomic E-state index is -0.541. The van der Waals surface area contributed by atoms with Crippen LogP contribution in [0.25, 0.3) is 0 Å². The number of carbonyl (C=O) groups excluding carboxylic acids is 1. The molecule has 1 heterocycles. The molecule has 2 rings (SSSR count). The average molecular weight is 207 g/mol. The highest BCUT2D eigenvalue weighted by molar-refractivity contribution is 5.81. The van der Waals surface area contributed by atoms with Crippen LogP contribution in [0.3, 0.4) is 0 Å². The summed E-state index contributed by atoms with van der Waals surface area (Å²) in [7, 11) is 0. The predicted octanol–water partition coefficient (Wildman–Crippen LogP) is 1.99. The standard InChI is InChI=1S/C12H14FNO/c1-12(8-9(15)6-7-14-12)10-4-2-3-5-11(10)13/h2-5,14H,6-8H2,1H3. The Balaban J connectivity index is 2.36. The van der Waals surface area contributed by atoms with Gasteiger partial charge in [0.25, 0.3) is 0 Å². The summed E-state index contributed by atoms with van der Waals surface area (Å²) in [6, 6.07) is 6.62. The van der Waals surface area contributed by atoms with Gasteiger partial charge in [0.15, 0.2) is 0 Å². The highest BCUT2D eigenvalue weighted by atomic mass is 19.1. The largest absolute Gasteiger partial charge is 0.307 e. The molecule has 1 aromatic rings. The first-order valence-electron chi connectivity index (χ1n) is 5.13. The van der Waals surface area contributed by atoms with E-state index in [4.69, 9.17) is 0 Å². The molecule has 1 atom stereocenters. The number of halogens is 1. The summed E-state index contributed by atoms with van der Waals surface area (Å²) < 4.78 is 13.6. The van der Waals surface area contributed by atoms with Crippen LogP contribution < -0.4 is 5.32 Å². The van der Waals surface area contributed by atoms with Crippen LogP contribution in [-0.4, -0.2) is 12.3 Å².